The van der Waals surface area contributed by atoms with E-state index in [0.717, 1.165) is 16.6 Å². The number of benzene rings is 1. The molecule has 0 saturated heterocycles. The van der Waals surface area contributed by atoms with Crippen molar-refractivity contribution in [2.24, 2.45) is 0 Å². The van der Waals surface area contributed by atoms with Crippen LogP contribution in [0.15, 0.2) is 30.5 Å². The van der Waals surface area contributed by atoms with E-state index in [1.54, 1.807) is 16.8 Å². The van der Waals surface area contributed by atoms with Crippen LogP contribution in [-0.2, 0) is 5.88 Å². The number of halogens is 2. The van der Waals surface area contributed by atoms with Gasteiger partial charge in [0.25, 0.3) is 0 Å². The molecule has 5 heteroatoms. The molecular weight excluding hydrogens is 277 g/mol. The Labute approximate surface area is 121 Å². The molecule has 0 aliphatic carbocycles. The highest BCUT2D eigenvalue weighted by atomic mass is 35.5. The smallest absolute Gasteiger partial charge is 0.164 e. The van der Waals surface area contributed by atoms with E-state index >= 15 is 0 Å². The van der Waals surface area contributed by atoms with Crippen LogP contribution in [0.5, 0.6) is 0 Å². The number of aryl methyl sites for hydroxylation is 2. The highest BCUT2D eigenvalue weighted by Crippen LogP contribution is 2.26. The predicted molar refractivity (Wildman–Crippen MR) is 77.9 cm³/mol. The third-order valence-corrected chi connectivity index (χ3v) is 3.47. The van der Waals surface area contributed by atoms with Gasteiger partial charge < -0.3 is 0 Å². The van der Waals surface area contributed by atoms with Crippen LogP contribution in [0.25, 0.3) is 16.9 Å². The zero-order chi connectivity index (χ0) is 14.3. The Morgan fingerprint density at radius 2 is 2.10 bits per heavy atom. The van der Waals surface area contributed by atoms with Crippen LogP contribution in [0.1, 0.15) is 17.0 Å². The van der Waals surface area contributed by atoms with Gasteiger partial charge in [0.15, 0.2) is 5.65 Å². The van der Waals surface area contributed by atoms with Gasteiger partial charge >= 0.3 is 0 Å². The molecular formula is C15H13ClFN3. The van der Waals surface area contributed by atoms with Crippen molar-refractivity contribution in [3.8, 4) is 5.69 Å². The molecule has 0 unspecified atom stereocenters. The van der Waals surface area contributed by atoms with Gasteiger partial charge in [0.05, 0.1) is 11.6 Å². The van der Waals surface area contributed by atoms with Crippen molar-refractivity contribution in [1.29, 1.82) is 0 Å². The molecule has 3 aromatic rings. The van der Waals surface area contributed by atoms with Crippen molar-refractivity contribution in [2.75, 3.05) is 0 Å². The number of pyridine rings is 1. The van der Waals surface area contributed by atoms with Crippen molar-refractivity contribution in [2.45, 2.75) is 19.7 Å². The molecule has 0 N–H and O–H groups in total. The van der Waals surface area contributed by atoms with Crippen LogP contribution < -0.4 is 0 Å². The minimum Gasteiger partial charge on any atom is -0.276 e. The Balaban J connectivity index is 2.40. The first-order valence-electron chi connectivity index (χ1n) is 6.27. The summed E-state index contributed by atoms with van der Waals surface area (Å²) in [6.45, 7) is 3.80. The molecule has 0 bridgehead atoms. The van der Waals surface area contributed by atoms with Crippen LogP contribution >= 0.6 is 11.6 Å². The highest BCUT2D eigenvalue weighted by Gasteiger charge is 2.17. The number of rotatable bonds is 2. The second-order valence-corrected chi connectivity index (χ2v) is 5.03. The van der Waals surface area contributed by atoms with Gasteiger partial charge in [-0.1, -0.05) is 12.1 Å². The normalized spacial score (nSPS) is 11.2. The summed E-state index contributed by atoms with van der Waals surface area (Å²) in [6.07, 6.45) is 1.74. The molecule has 20 heavy (non-hydrogen) atoms. The summed E-state index contributed by atoms with van der Waals surface area (Å²) in [6, 6.07) is 6.90. The van der Waals surface area contributed by atoms with Crippen LogP contribution in [0.3, 0.4) is 0 Å². The summed E-state index contributed by atoms with van der Waals surface area (Å²) in [7, 11) is 0. The number of aromatic nitrogens is 3. The standard InChI is InChI=1S/C15H13ClFN3/c1-9-6-12-15(18-8-9)20(13(7-16)19-12)14-10(2)4-3-5-11(14)17/h3-6,8H,7H2,1-2H3. The third-order valence-electron chi connectivity index (χ3n) is 3.24. The molecule has 0 saturated carbocycles. The zero-order valence-electron chi connectivity index (χ0n) is 11.2. The maximum atomic E-state index is 14.2. The van der Waals surface area contributed by atoms with Crippen molar-refractivity contribution in [3.63, 3.8) is 0 Å². The number of nitrogens with zero attached hydrogens (tertiary/aromatic N) is 3. The van der Waals surface area contributed by atoms with Crippen LogP contribution in [0.4, 0.5) is 4.39 Å². The average molecular weight is 290 g/mol. The molecule has 2 heterocycles. The molecule has 3 nitrogen and oxygen atoms in total. The highest BCUT2D eigenvalue weighted by molar-refractivity contribution is 6.16. The molecule has 0 radical (unpaired) electrons. The number of alkyl halides is 1. The van der Waals surface area contributed by atoms with E-state index in [-0.39, 0.29) is 11.7 Å². The number of para-hydroxylation sites is 1. The summed E-state index contributed by atoms with van der Waals surface area (Å²) in [5, 5.41) is 0. The molecule has 0 aliphatic heterocycles. The first-order valence-corrected chi connectivity index (χ1v) is 6.80. The van der Waals surface area contributed by atoms with E-state index in [4.69, 9.17) is 11.6 Å². The summed E-state index contributed by atoms with van der Waals surface area (Å²) in [4.78, 5) is 8.84. The third kappa shape index (κ3) is 1.96. The van der Waals surface area contributed by atoms with Crippen LogP contribution in [-0.4, -0.2) is 14.5 Å². The van der Waals surface area contributed by atoms with Gasteiger partial charge in [-0.3, -0.25) is 4.57 Å². The molecule has 0 atom stereocenters. The Morgan fingerprint density at radius 3 is 2.80 bits per heavy atom. The molecule has 1 aromatic carbocycles. The van der Waals surface area contributed by atoms with Gasteiger partial charge in [-0.25, -0.2) is 14.4 Å². The number of imidazole rings is 1. The van der Waals surface area contributed by atoms with Crippen LogP contribution in [0, 0.1) is 19.7 Å². The Bertz CT molecular complexity index is 775. The topological polar surface area (TPSA) is 30.7 Å². The van der Waals surface area contributed by atoms with Gasteiger partial charge in [0.1, 0.15) is 17.2 Å². The van der Waals surface area contributed by atoms with Crippen molar-refractivity contribution >= 4 is 22.8 Å². The Morgan fingerprint density at radius 1 is 1.30 bits per heavy atom. The molecule has 2 aromatic heterocycles. The number of hydrogen-bond acceptors (Lipinski definition) is 2. The van der Waals surface area contributed by atoms with Crippen molar-refractivity contribution in [1.82, 2.24) is 14.5 Å². The first-order chi connectivity index (χ1) is 9.61. The Kier molecular flexibility index (Phi) is 3.18. The maximum absolute atomic E-state index is 14.2. The molecule has 0 fully saturated rings. The maximum Gasteiger partial charge on any atom is 0.164 e. The number of fused-ring (bicyclic) bond motifs is 1. The largest absolute Gasteiger partial charge is 0.276 e. The molecule has 0 aliphatic rings. The average Bonchev–Trinajstić information content (AvgIpc) is 2.76. The minimum absolute atomic E-state index is 0.198. The Hall–Kier alpha value is -1.94. The van der Waals surface area contributed by atoms with Gasteiger partial charge in [-0.15, -0.1) is 11.6 Å². The van der Waals surface area contributed by atoms with Gasteiger partial charge in [0.2, 0.25) is 0 Å². The van der Waals surface area contributed by atoms with Crippen LogP contribution in [0.2, 0.25) is 0 Å². The lowest BCUT2D eigenvalue weighted by molar-refractivity contribution is 0.615. The fourth-order valence-corrected chi connectivity index (χ4v) is 2.52. The molecule has 102 valence electrons. The molecule has 0 amide bonds. The van der Waals surface area contributed by atoms with E-state index in [1.165, 1.54) is 6.07 Å². The summed E-state index contributed by atoms with van der Waals surface area (Å²) < 4.78 is 15.9. The monoisotopic (exact) mass is 289 g/mol. The van der Waals surface area contributed by atoms with E-state index in [1.807, 2.05) is 26.0 Å². The van der Waals surface area contributed by atoms with Crippen molar-refractivity contribution < 1.29 is 4.39 Å². The predicted octanol–water partition coefficient (Wildman–Crippen LogP) is 3.92. The molecule has 3 rings (SSSR count). The van der Waals surface area contributed by atoms with E-state index < -0.39 is 0 Å². The zero-order valence-corrected chi connectivity index (χ0v) is 11.9. The van der Waals surface area contributed by atoms with Gasteiger partial charge in [-0.2, -0.15) is 0 Å². The van der Waals surface area contributed by atoms with E-state index in [0.29, 0.717) is 17.2 Å². The summed E-state index contributed by atoms with van der Waals surface area (Å²) in [5.74, 6) is 0.481. The summed E-state index contributed by atoms with van der Waals surface area (Å²) in [5.41, 5.74) is 3.64. The lowest BCUT2D eigenvalue weighted by atomic mass is 10.2. The second-order valence-electron chi connectivity index (χ2n) is 4.76. The van der Waals surface area contributed by atoms with Crippen molar-refractivity contribution in [3.05, 3.63) is 53.2 Å². The minimum atomic E-state index is -0.307. The fourth-order valence-electron chi connectivity index (χ4n) is 2.34. The van der Waals surface area contributed by atoms with E-state index in [9.17, 15) is 4.39 Å². The van der Waals surface area contributed by atoms with Gasteiger partial charge in [-0.05, 0) is 37.1 Å². The van der Waals surface area contributed by atoms with Gasteiger partial charge in [0, 0.05) is 6.20 Å². The van der Waals surface area contributed by atoms with E-state index in [2.05, 4.69) is 9.97 Å². The fraction of sp³-hybridized carbons (Fsp3) is 0.200. The molecule has 0 spiro atoms. The lowest BCUT2D eigenvalue weighted by Crippen LogP contribution is -2.05. The second kappa shape index (κ2) is 4.87. The quantitative estimate of drug-likeness (QED) is 0.670. The summed E-state index contributed by atoms with van der Waals surface area (Å²) >= 11 is 5.96. The number of hydrogen-bond donors (Lipinski definition) is 0. The first kappa shape index (κ1) is 13.1. The lowest BCUT2D eigenvalue weighted by Gasteiger charge is -2.11. The SMILES string of the molecule is Cc1cnc2c(c1)nc(CCl)n2-c1c(C)cccc1F.